The zero-order chi connectivity index (χ0) is 15.0. The highest BCUT2D eigenvalue weighted by Gasteiger charge is 2.24. The van der Waals surface area contributed by atoms with Gasteiger partial charge in [0.05, 0.1) is 6.10 Å². The molecule has 1 aromatic carbocycles. The summed E-state index contributed by atoms with van der Waals surface area (Å²) in [7, 11) is 3.71. The molecule has 1 fully saturated rings. The number of aliphatic hydroxyl groups is 1. The number of amides is 2. The van der Waals surface area contributed by atoms with Crippen LogP contribution in [0.3, 0.4) is 0 Å². The van der Waals surface area contributed by atoms with Crippen LogP contribution in [0, 0.1) is 0 Å². The molecule has 0 bridgehead atoms. The monoisotopic (exact) mass is 290 g/mol. The molecule has 3 rings (SSSR count). The third kappa shape index (κ3) is 2.78. The van der Waals surface area contributed by atoms with Gasteiger partial charge in [0.25, 0.3) is 6.01 Å². The molecule has 2 aromatic rings. The van der Waals surface area contributed by atoms with E-state index in [1.807, 2.05) is 14.1 Å². The Kier molecular flexibility index (Phi) is 3.42. The van der Waals surface area contributed by atoms with E-state index in [1.54, 1.807) is 28.0 Å². The van der Waals surface area contributed by atoms with Gasteiger partial charge in [-0.15, -0.1) is 0 Å². The van der Waals surface area contributed by atoms with E-state index in [0.29, 0.717) is 42.3 Å². The quantitative estimate of drug-likeness (QED) is 0.875. The van der Waals surface area contributed by atoms with Gasteiger partial charge in [-0.05, 0) is 24.6 Å². The molecule has 1 atom stereocenters. The summed E-state index contributed by atoms with van der Waals surface area (Å²) < 4.78 is 5.56. The minimum absolute atomic E-state index is 0.206. The van der Waals surface area contributed by atoms with E-state index in [1.165, 1.54) is 0 Å². The molecule has 1 saturated heterocycles. The van der Waals surface area contributed by atoms with Crippen molar-refractivity contribution in [3.63, 3.8) is 0 Å². The van der Waals surface area contributed by atoms with E-state index in [4.69, 9.17) is 4.42 Å². The average molecular weight is 290 g/mol. The van der Waals surface area contributed by atoms with Crippen LogP contribution in [0.2, 0.25) is 0 Å². The maximum atomic E-state index is 12.1. The summed E-state index contributed by atoms with van der Waals surface area (Å²) in [4.78, 5) is 19.8. The number of hydrogen-bond acceptors (Lipinski definition) is 5. The van der Waals surface area contributed by atoms with E-state index in [9.17, 15) is 9.90 Å². The van der Waals surface area contributed by atoms with Crippen molar-refractivity contribution in [2.75, 3.05) is 37.4 Å². The fourth-order valence-corrected chi connectivity index (χ4v) is 2.31. The van der Waals surface area contributed by atoms with E-state index in [0.717, 1.165) is 0 Å². The van der Waals surface area contributed by atoms with Gasteiger partial charge in [0, 0.05) is 32.9 Å². The molecule has 2 N–H and O–H groups in total. The zero-order valence-electron chi connectivity index (χ0n) is 12.0. The van der Waals surface area contributed by atoms with Gasteiger partial charge >= 0.3 is 6.03 Å². The molecule has 112 valence electrons. The number of urea groups is 1. The van der Waals surface area contributed by atoms with Gasteiger partial charge in [0.15, 0.2) is 5.58 Å². The molecule has 2 heterocycles. The lowest BCUT2D eigenvalue weighted by Crippen LogP contribution is -2.33. The van der Waals surface area contributed by atoms with Crippen molar-refractivity contribution in [3.05, 3.63) is 18.2 Å². The van der Waals surface area contributed by atoms with Gasteiger partial charge in [-0.25, -0.2) is 4.79 Å². The summed E-state index contributed by atoms with van der Waals surface area (Å²) in [5.74, 6) is 0. The molecule has 1 aromatic heterocycles. The zero-order valence-corrected chi connectivity index (χ0v) is 12.0. The lowest BCUT2D eigenvalue weighted by Gasteiger charge is -2.16. The molecule has 0 spiro atoms. The Bertz CT molecular complexity index is 667. The van der Waals surface area contributed by atoms with Crippen LogP contribution in [0.5, 0.6) is 0 Å². The maximum absolute atomic E-state index is 12.1. The van der Waals surface area contributed by atoms with E-state index < -0.39 is 6.10 Å². The topological polar surface area (TPSA) is 81.8 Å². The predicted molar refractivity (Wildman–Crippen MR) is 79.6 cm³/mol. The first-order valence-electron chi connectivity index (χ1n) is 6.85. The molecule has 0 aliphatic carbocycles. The number of aliphatic hydroxyl groups excluding tert-OH is 1. The number of hydrogen-bond donors (Lipinski definition) is 2. The number of nitrogens with zero attached hydrogens (tertiary/aromatic N) is 3. The smallest absolute Gasteiger partial charge is 0.321 e. The molecule has 2 amide bonds. The number of benzene rings is 1. The number of aromatic nitrogens is 1. The van der Waals surface area contributed by atoms with Crippen molar-refractivity contribution in [1.29, 1.82) is 0 Å². The summed E-state index contributed by atoms with van der Waals surface area (Å²) in [6.07, 6.45) is 0.207. The summed E-state index contributed by atoms with van der Waals surface area (Å²) in [5, 5.41) is 12.3. The van der Waals surface area contributed by atoms with Gasteiger partial charge in [0.1, 0.15) is 5.52 Å². The Labute approximate surface area is 122 Å². The van der Waals surface area contributed by atoms with Crippen LogP contribution in [-0.4, -0.2) is 54.3 Å². The minimum atomic E-state index is -0.420. The lowest BCUT2D eigenvalue weighted by molar-refractivity contribution is 0.176. The summed E-state index contributed by atoms with van der Waals surface area (Å²) >= 11 is 0. The van der Waals surface area contributed by atoms with Crippen LogP contribution in [0.1, 0.15) is 6.42 Å². The largest absolute Gasteiger partial charge is 0.423 e. The molecule has 0 saturated carbocycles. The predicted octanol–water partition coefficient (Wildman–Crippen LogP) is 1.49. The highest BCUT2D eigenvalue weighted by atomic mass is 16.4. The molecule has 1 aliphatic rings. The number of rotatable bonds is 2. The van der Waals surface area contributed by atoms with Crippen LogP contribution in [-0.2, 0) is 0 Å². The van der Waals surface area contributed by atoms with Crippen LogP contribution in [0.4, 0.5) is 16.5 Å². The number of carbonyl (C=O) groups excluding carboxylic acids is 1. The third-order valence-corrected chi connectivity index (χ3v) is 3.46. The molecule has 0 unspecified atom stereocenters. The summed E-state index contributed by atoms with van der Waals surface area (Å²) in [6.45, 7) is 0.951. The van der Waals surface area contributed by atoms with Crippen molar-refractivity contribution in [2.24, 2.45) is 0 Å². The first-order chi connectivity index (χ1) is 10.0. The number of oxazole rings is 1. The van der Waals surface area contributed by atoms with Crippen molar-refractivity contribution >= 4 is 28.8 Å². The molecule has 0 radical (unpaired) electrons. The Morgan fingerprint density at radius 2 is 2.33 bits per heavy atom. The second-order valence-corrected chi connectivity index (χ2v) is 5.39. The van der Waals surface area contributed by atoms with E-state index in [-0.39, 0.29) is 6.03 Å². The van der Waals surface area contributed by atoms with Gasteiger partial charge in [-0.1, -0.05) is 0 Å². The lowest BCUT2D eigenvalue weighted by atomic mass is 10.3. The average Bonchev–Trinajstić information content (AvgIpc) is 3.04. The molecule has 7 heteroatoms. The molecular weight excluding hydrogens is 272 g/mol. The highest BCUT2D eigenvalue weighted by molar-refractivity contribution is 5.92. The van der Waals surface area contributed by atoms with Crippen molar-refractivity contribution in [2.45, 2.75) is 12.5 Å². The normalized spacial score (nSPS) is 18.2. The van der Waals surface area contributed by atoms with Crippen LogP contribution in [0.25, 0.3) is 11.1 Å². The number of nitrogens with one attached hydrogen (secondary N) is 1. The molecule has 21 heavy (non-hydrogen) atoms. The number of β-amino-alcohol motifs (C(OH)–C–C–N with tert-alkyl or cyclic N) is 1. The molecule has 7 nitrogen and oxygen atoms in total. The first kappa shape index (κ1) is 13.7. The van der Waals surface area contributed by atoms with Crippen LogP contribution >= 0.6 is 0 Å². The highest BCUT2D eigenvalue weighted by Crippen LogP contribution is 2.24. The van der Waals surface area contributed by atoms with Gasteiger partial charge in [0.2, 0.25) is 0 Å². The van der Waals surface area contributed by atoms with Crippen LogP contribution in [0.15, 0.2) is 22.6 Å². The second-order valence-electron chi connectivity index (χ2n) is 5.39. The van der Waals surface area contributed by atoms with Gasteiger partial charge in [-0.2, -0.15) is 4.98 Å². The molecule has 1 aliphatic heterocycles. The standard InChI is InChI=1S/C14H18N4O3/c1-17(2)14-16-11-7-9(3-4-12(11)21-14)15-13(20)18-6-5-10(19)8-18/h3-4,7,10,19H,5-6,8H2,1-2H3,(H,15,20)/t10-/m0/s1. The van der Waals surface area contributed by atoms with E-state index >= 15 is 0 Å². The van der Waals surface area contributed by atoms with Gasteiger partial charge in [-0.3, -0.25) is 0 Å². The number of carbonyl (C=O) groups is 1. The summed E-state index contributed by atoms with van der Waals surface area (Å²) in [5.41, 5.74) is 2.03. The Morgan fingerprint density at radius 1 is 1.52 bits per heavy atom. The Balaban J connectivity index is 1.76. The van der Waals surface area contributed by atoms with Crippen LogP contribution < -0.4 is 10.2 Å². The third-order valence-electron chi connectivity index (χ3n) is 3.46. The Morgan fingerprint density at radius 3 is 3.00 bits per heavy atom. The number of fused-ring (bicyclic) bond motifs is 1. The molecular formula is C14H18N4O3. The fourth-order valence-electron chi connectivity index (χ4n) is 2.31. The fraction of sp³-hybridized carbons (Fsp3) is 0.429. The summed E-state index contributed by atoms with van der Waals surface area (Å²) in [6, 6.07) is 5.65. The second kappa shape index (κ2) is 5.25. The number of likely N-dealkylation sites (tertiary alicyclic amines) is 1. The maximum Gasteiger partial charge on any atom is 0.321 e. The van der Waals surface area contributed by atoms with Crippen molar-refractivity contribution in [3.8, 4) is 0 Å². The number of anilines is 2. The minimum Gasteiger partial charge on any atom is -0.423 e. The first-order valence-corrected chi connectivity index (χ1v) is 6.85. The van der Waals surface area contributed by atoms with Gasteiger partial charge < -0.3 is 24.6 Å². The van der Waals surface area contributed by atoms with E-state index in [2.05, 4.69) is 10.3 Å². The SMILES string of the molecule is CN(C)c1nc2cc(NC(=O)N3CC[C@H](O)C3)ccc2o1. The van der Waals surface area contributed by atoms with Crippen molar-refractivity contribution < 1.29 is 14.3 Å². The van der Waals surface area contributed by atoms with Crippen molar-refractivity contribution in [1.82, 2.24) is 9.88 Å². The Hall–Kier alpha value is -2.28.